The Balaban J connectivity index is 1.75. The van der Waals surface area contributed by atoms with E-state index in [1.54, 1.807) is 0 Å². The molecule has 0 radical (unpaired) electrons. The third-order valence-electron chi connectivity index (χ3n) is 5.14. The maximum absolute atomic E-state index is 6.40. The van der Waals surface area contributed by atoms with Gasteiger partial charge in [0.15, 0.2) is 11.5 Å². The van der Waals surface area contributed by atoms with Crippen LogP contribution in [0.1, 0.15) is 51.9 Å². The highest BCUT2D eigenvalue weighted by Gasteiger charge is 2.55. The first-order valence-corrected chi connectivity index (χ1v) is 9.20. The van der Waals surface area contributed by atoms with Gasteiger partial charge in [-0.05, 0) is 38.3 Å². The van der Waals surface area contributed by atoms with Crippen LogP contribution in [0.25, 0.3) is 0 Å². The third-order valence-corrected chi connectivity index (χ3v) is 6.42. The van der Waals surface area contributed by atoms with Gasteiger partial charge >= 0.3 is 0 Å². The molecule has 2 fully saturated rings. The Morgan fingerprint density at radius 1 is 1.10 bits per heavy atom. The van der Waals surface area contributed by atoms with E-state index in [0.717, 1.165) is 17.9 Å². The molecule has 116 valence electrons. The van der Waals surface area contributed by atoms with Gasteiger partial charge in [0, 0.05) is 10.2 Å². The Morgan fingerprint density at radius 3 is 2.38 bits per heavy atom. The van der Waals surface area contributed by atoms with Crippen LogP contribution in [0.3, 0.4) is 0 Å². The molecule has 21 heavy (non-hydrogen) atoms. The Bertz CT molecular complexity index is 466. The average molecular weight is 353 g/mol. The maximum atomic E-state index is 6.40. The van der Waals surface area contributed by atoms with Gasteiger partial charge in [-0.25, -0.2) is 0 Å². The predicted molar refractivity (Wildman–Crippen MR) is 89.5 cm³/mol. The molecule has 0 aromatic heterocycles. The van der Waals surface area contributed by atoms with E-state index in [0.29, 0.717) is 23.0 Å². The minimum Gasteiger partial charge on any atom is -0.490 e. The van der Waals surface area contributed by atoms with Crippen molar-refractivity contribution < 1.29 is 9.47 Å². The Labute approximate surface area is 136 Å². The van der Waals surface area contributed by atoms with E-state index >= 15 is 0 Å². The van der Waals surface area contributed by atoms with Crippen molar-refractivity contribution in [1.82, 2.24) is 0 Å². The van der Waals surface area contributed by atoms with Crippen LogP contribution < -0.4 is 9.47 Å². The molecule has 0 saturated heterocycles. The van der Waals surface area contributed by atoms with Crippen molar-refractivity contribution in [3.63, 3.8) is 0 Å². The first kappa shape index (κ1) is 15.2. The van der Waals surface area contributed by atoms with Crippen molar-refractivity contribution in [1.29, 1.82) is 0 Å². The lowest BCUT2D eigenvalue weighted by atomic mass is 9.61. The Morgan fingerprint density at radius 2 is 1.76 bits per heavy atom. The summed E-state index contributed by atoms with van der Waals surface area (Å²) in [4.78, 5) is 0.618. The molecule has 0 aliphatic heterocycles. The lowest BCUT2D eigenvalue weighted by molar-refractivity contribution is -0.0474. The fraction of sp³-hybridized carbons (Fsp3) is 0.667. The van der Waals surface area contributed by atoms with Crippen LogP contribution in [0.4, 0.5) is 0 Å². The second-order valence-corrected chi connectivity index (χ2v) is 7.44. The summed E-state index contributed by atoms with van der Waals surface area (Å²) in [6.07, 6.45) is 9.48. The highest BCUT2D eigenvalue weighted by atomic mass is 79.9. The highest BCUT2D eigenvalue weighted by molar-refractivity contribution is 9.09. The van der Waals surface area contributed by atoms with Gasteiger partial charge in [0.05, 0.1) is 6.61 Å². The molecule has 1 spiro atoms. The molecule has 3 rings (SSSR count). The van der Waals surface area contributed by atoms with Crippen molar-refractivity contribution >= 4 is 15.9 Å². The number of hydrogen-bond acceptors (Lipinski definition) is 2. The van der Waals surface area contributed by atoms with Gasteiger partial charge in [0.1, 0.15) is 6.10 Å². The van der Waals surface area contributed by atoms with Crippen LogP contribution in [0, 0.1) is 5.41 Å². The minimum atomic E-state index is 0.335. The quantitative estimate of drug-likeness (QED) is 0.680. The van der Waals surface area contributed by atoms with Gasteiger partial charge in [-0.1, -0.05) is 53.7 Å². The summed E-state index contributed by atoms with van der Waals surface area (Å²) in [5.41, 5.74) is 0.343. The van der Waals surface area contributed by atoms with Crippen LogP contribution in [-0.2, 0) is 0 Å². The summed E-state index contributed by atoms with van der Waals surface area (Å²) in [5.74, 6) is 1.79. The number of hydrogen-bond donors (Lipinski definition) is 0. The van der Waals surface area contributed by atoms with E-state index in [4.69, 9.17) is 9.47 Å². The molecule has 2 atom stereocenters. The normalized spacial score (nSPS) is 27.7. The summed E-state index contributed by atoms with van der Waals surface area (Å²) < 4.78 is 12.1. The molecule has 2 aliphatic rings. The van der Waals surface area contributed by atoms with E-state index in [-0.39, 0.29) is 0 Å². The van der Waals surface area contributed by atoms with Gasteiger partial charge in [-0.2, -0.15) is 0 Å². The molecule has 1 aromatic carbocycles. The summed E-state index contributed by atoms with van der Waals surface area (Å²) in [7, 11) is 0. The molecule has 2 nitrogen and oxygen atoms in total. The zero-order valence-corrected chi connectivity index (χ0v) is 14.4. The van der Waals surface area contributed by atoms with Crippen molar-refractivity contribution in [3.05, 3.63) is 24.3 Å². The van der Waals surface area contributed by atoms with Crippen LogP contribution >= 0.6 is 15.9 Å². The van der Waals surface area contributed by atoms with Crippen molar-refractivity contribution in [3.8, 4) is 11.5 Å². The predicted octanol–water partition coefficient (Wildman–Crippen LogP) is 5.34. The summed E-state index contributed by atoms with van der Waals surface area (Å²) in [6.45, 7) is 2.69. The molecule has 0 heterocycles. The maximum Gasteiger partial charge on any atom is 0.161 e. The molecular formula is C18H25BrO2. The molecular weight excluding hydrogens is 328 g/mol. The number of ether oxygens (including phenoxy) is 2. The van der Waals surface area contributed by atoms with E-state index in [2.05, 4.69) is 15.9 Å². The van der Waals surface area contributed by atoms with Crippen LogP contribution in [0.2, 0.25) is 0 Å². The summed E-state index contributed by atoms with van der Waals surface area (Å²) in [5, 5.41) is 0. The molecule has 3 heteroatoms. The fourth-order valence-electron chi connectivity index (χ4n) is 3.86. The van der Waals surface area contributed by atoms with Gasteiger partial charge < -0.3 is 9.47 Å². The minimum absolute atomic E-state index is 0.335. The van der Waals surface area contributed by atoms with Crippen molar-refractivity contribution in [2.24, 2.45) is 5.41 Å². The van der Waals surface area contributed by atoms with E-state index in [9.17, 15) is 0 Å². The average Bonchev–Trinajstić information content (AvgIpc) is 2.77. The van der Waals surface area contributed by atoms with E-state index in [1.165, 1.54) is 38.5 Å². The summed E-state index contributed by atoms with van der Waals surface area (Å²) >= 11 is 3.91. The highest BCUT2D eigenvalue weighted by Crippen LogP contribution is 2.56. The lowest BCUT2D eigenvalue weighted by Gasteiger charge is -2.53. The van der Waals surface area contributed by atoms with Crippen LogP contribution in [0.5, 0.6) is 11.5 Å². The van der Waals surface area contributed by atoms with E-state index in [1.807, 2.05) is 31.2 Å². The molecule has 2 unspecified atom stereocenters. The molecule has 0 amide bonds. The number of halogens is 1. The fourth-order valence-corrected chi connectivity index (χ4v) is 4.95. The van der Waals surface area contributed by atoms with Crippen molar-refractivity contribution in [2.45, 2.75) is 62.8 Å². The Kier molecular flexibility index (Phi) is 4.78. The molecule has 0 N–H and O–H groups in total. The second-order valence-electron chi connectivity index (χ2n) is 6.34. The molecule has 0 bridgehead atoms. The van der Waals surface area contributed by atoms with E-state index < -0.39 is 0 Å². The first-order chi connectivity index (χ1) is 10.3. The third kappa shape index (κ3) is 2.94. The zero-order valence-electron chi connectivity index (χ0n) is 12.8. The van der Waals surface area contributed by atoms with Gasteiger partial charge in [0.2, 0.25) is 0 Å². The van der Waals surface area contributed by atoms with Gasteiger partial charge in [0.25, 0.3) is 0 Å². The zero-order chi connectivity index (χ0) is 14.7. The molecule has 1 aromatic rings. The van der Waals surface area contributed by atoms with Gasteiger partial charge in [-0.3, -0.25) is 0 Å². The molecule has 2 aliphatic carbocycles. The Hall–Kier alpha value is -0.700. The molecule has 2 saturated carbocycles. The van der Waals surface area contributed by atoms with Crippen LogP contribution in [0.15, 0.2) is 24.3 Å². The standard InChI is InChI=1S/C18H25BrO2/c1-2-20-14-9-5-6-10-15(14)21-17-13-16(19)18(17)11-7-3-4-8-12-18/h5-6,9-10,16-17H,2-4,7-8,11-13H2,1H3. The summed E-state index contributed by atoms with van der Waals surface area (Å²) in [6, 6.07) is 8.08. The lowest BCUT2D eigenvalue weighted by Crippen LogP contribution is -2.56. The monoisotopic (exact) mass is 352 g/mol. The largest absolute Gasteiger partial charge is 0.490 e. The van der Waals surface area contributed by atoms with Crippen molar-refractivity contribution in [2.75, 3.05) is 6.61 Å². The second kappa shape index (κ2) is 6.60. The SMILES string of the molecule is CCOc1ccccc1OC1CC(Br)C12CCCCCC2. The van der Waals surface area contributed by atoms with Gasteiger partial charge in [-0.15, -0.1) is 0 Å². The van der Waals surface area contributed by atoms with Crippen LogP contribution in [-0.4, -0.2) is 17.5 Å². The topological polar surface area (TPSA) is 18.5 Å². The number of benzene rings is 1. The first-order valence-electron chi connectivity index (χ1n) is 8.29. The smallest absolute Gasteiger partial charge is 0.161 e. The number of alkyl halides is 1. The number of rotatable bonds is 4. The number of para-hydroxylation sites is 2.